The summed E-state index contributed by atoms with van der Waals surface area (Å²) in [7, 11) is 1.65. The zero-order chi connectivity index (χ0) is 15.6. The van der Waals surface area contributed by atoms with Crippen molar-refractivity contribution in [3.63, 3.8) is 0 Å². The molecule has 5 heteroatoms. The van der Waals surface area contributed by atoms with Gasteiger partial charge in [0.05, 0.1) is 19.3 Å². The first-order valence-corrected chi connectivity index (χ1v) is 7.94. The third-order valence-corrected chi connectivity index (χ3v) is 3.90. The zero-order valence-electron chi connectivity index (χ0n) is 13.2. The van der Waals surface area contributed by atoms with Gasteiger partial charge in [0.1, 0.15) is 0 Å². The molecule has 0 saturated carbocycles. The monoisotopic (exact) mass is 306 g/mol. The summed E-state index contributed by atoms with van der Waals surface area (Å²) in [5.74, 6) is 0.354. The minimum absolute atomic E-state index is 0.0217. The summed E-state index contributed by atoms with van der Waals surface area (Å²) in [6.07, 6.45) is 2.21. The van der Waals surface area contributed by atoms with Crippen molar-refractivity contribution in [1.82, 2.24) is 10.6 Å². The first kappa shape index (κ1) is 16.9. The van der Waals surface area contributed by atoms with Crippen molar-refractivity contribution in [3.8, 4) is 0 Å². The topological polar surface area (TPSA) is 59.6 Å². The van der Waals surface area contributed by atoms with Crippen molar-refractivity contribution in [2.75, 3.05) is 40.0 Å². The predicted octanol–water partition coefficient (Wildman–Crippen LogP) is 1.51. The second-order valence-electron chi connectivity index (χ2n) is 5.58. The summed E-state index contributed by atoms with van der Waals surface area (Å²) >= 11 is 0. The molecule has 0 aliphatic carbocycles. The first-order chi connectivity index (χ1) is 10.8. The highest BCUT2D eigenvalue weighted by Gasteiger charge is 2.27. The average Bonchev–Trinajstić information content (AvgIpc) is 2.58. The van der Waals surface area contributed by atoms with E-state index in [0.29, 0.717) is 32.2 Å². The highest BCUT2D eigenvalue weighted by atomic mass is 16.5. The van der Waals surface area contributed by atoms with Gasteiger partial charge in [-0.15, -0.1) is 0 Å². The molecule has 1 saturated heterocycles. The molecule has 1 aromatic carbocycles. The van der Waals surface area contributed by atoms with Gasteiger partial charge >= 0.3 is 0 Å². The Morgan fingerprint density at radius 3 is 2.95 bits per heavy atom. The van der Waals surface area contributed by atoms with Gasteiger partial charge in [0.25, 0.3) is 0 Å². The molecule has 5 nitrogen and oxygen atoms in total. The fourth-order valence-electron chi connectivity index (χ4n) is 2.75. The van der Waals surface area contributed by atoms with E-state index in [1.165, 1.54) is 5.56 Å². The molecule has 2 unspecified atom stereocenters. The fraction of sp³-hybridized carbons (Fsp3) is 0.588. The van der Waals surface area contributed by atoms with Gasteiger partial charge in [0.15, 0.2) is 0 Å². The Balaban J connectivity index is 1.78. The van der Waals surface area contributed by atoms with Crippen molar-refractivity contribution in [3.05, 3.63) is 35.9 Å². The SMILES string of the molecule is COCCNCC(=O)NCC1CCCOC1c1ccccc1. The highest BCUT2D eigenvalue weighted by Crippen LogP contribution is 2.32. The van der Waals surface area contributed by atoms with E-state index in [1.54, 1.807) is 7.11 Å². The third kappa shape index (κ3) is 5.40. The molecule has 1 fully saturated rings. The summed E-state index contributed by atoms with van der Waals surface area (Å²) in [6, 6.07) is 10.3. The maximum Gasteiger partial charge on any atom is 0.233 e. The number of methoxy groups -OCH3 is 1. The number of carbonyl (C=O) groups excluding carboxylic acids is 1. The Morgan fingerprint density at radius 1 is 1.36 bits per heavy atom. The Kier molecular flexibility index (Phi) is 7.36. The van der Waals surface area contributed by atoms with Crippen LogP contribution in [0.2, 0.25) is 0 Å². The molecule has 0 radical (unpaired) electrons. The van der Waals surface area contributed by atoms with E-state index in [4.69, 9.17) is 9.47 Å². The van der Waals surface area contributed by atoms with Crippen molar-refractivity contribution in [2.45, 2.75) is 18.9 Å². The standard InChI is InChI=1S/C17H26N2O3/c1-21-11-9-18-13-16(20)19-12-15-8-5-10-22-17(15)14-6-3-2-4-7-14/h2-4,6-7,15,17-18H,5,8-13H2,1H3,(H,19,20). The first-order valence-electron chi connectivity index (χ1n) is 7.94. The fourth-order valence-corrected chi connectivity index (χ4v) is 2.75. The van der Waals surface area contributed by atoms with Crippen LogP contribution >= 0.6 is 0 Å². The number of ether oxygens (including phenoxy) is 2. The largest absolute Gasteiger partial charge is 0.383 e. The van der Waals surface area contributed by atoms with Crippen LogP contribution in [-0.2, 0) is 14.3 Å². The van der Waals surface area contributed by atoms with Crippen LogP contribution in [0.5, 0.6) is 0 Å². The Labute approximate surface area is 132 Å². The number of benzene rings is 1. The number of hydrogen-bond donors (Lipinski definition) is 2. The molecular formula is C17H26N2O3. The van der Waals surface area contributed by atoms with Crippen LogP contribution < -0.4 is 10.6 Å². The van der Waals surface area contributed by atoms with E-state index in [0.717, 1.165) is 19.4 Å². The van der Waals surface area contributed by atoms with Gasteiger partial charge in [-0.25, -0.2) is 0 Å². The molecule has 2 rings (SSSR count). The van der Waals surface area contributed by atoms with E-state index in [1.807, 2.05) is 18.2 Å². The molecule has 0 bridgehead atoms. The molecular weight excluding hydrogens is 280 g/mol. The lowest BCUT2D eigenvalue weighted by Gasteiger charge is -2.32. The molecule has 2 N–H and O–H groups in total. The maximum absolute atomic E-state index is 11.8. The van der Waals surface area contributed by atoms with E-state index in [-0.39, 0.29) is 12.0 Å². The number of carbonyl (C=O) groups is 1. The molecule has 1 heterocycles. The van der Waals surface area contributed by atoms with Crippen molar-refractivity contribution >= 4 is 5.91 Å². The lowest BCUT2D eigenvalue weighted by Crippen LogP contribution is -2.39. The van der Waals surface area contributed by atoms with Crippen LogP contribution in [0.1, 0.15) is 24.5 Å². The van der Waals surface area contributed by atoms with Gasteiger partial charge in [0, 0.05) is 32.7 Å². The van der Waals surface area contributed by atoms with Crippen molar-refractivity contribution in [2.24, 2.45) is 5.92 Å². The molecule has 1 amide bonds. The predicted molar refractivity (Wildman–Crippen MR) is 85.6 cm³/mol. The van der Waals surface area contributed by atoms with Crippen LogP contribution in [0, 0.1) is 5.92 Å². The lowest BCUT2D eigenvalue weighted by atomic mass is 9.89. The van der Waals surface area contributed by atoms with E-state index < -0.39 is 0 Å². The zero-order valence-corrected chi connectivity index (χ0v) is 13.2. The minimum Gasteiger partial charge on any atom is -0.383 e. The smallest absolute Gasteiger partial charge is 0.233 e. The summed E-state index contributed by atoms with van der Waals surface area (Å²) < 4.78 is 10.9. The normalized spacial score (nSPS) is 21.5. The summed E-state index contributed by atoms with van der Waals surface area (Å²) in [6.45, 7) is 3.07. The van der Waals surface area contributed by atoms with Crippen LogP contribution in [0.15, 0.2) is 30.3 Å². The van der Waals surface area contributed by atoms with Gasteiger partial charge in [-0.05, 0) is 18.4 Å². The van der Waals surface area contributed by atoms with Crippen molar-refractivity contribution < 1.29 is 14.3 Å². The second kappa shape index (κ2) is 9.56. The van der Waals surface area contributed by atoms with Crippen LogP contribution in [0.25, 0.3) is 0 Å². The number of nitrogens with one attached hydrogen (secondary N) is 2. The summed E-state index contributed by atoms with van der Waals surface area (Å²) in [5, 5.41) is 6.06. The quantitative estimate of drug-likeness (QED) is 0.715. The Hall–Kier alpha value is -1.43. The van der Waals surface area contributed by atoms with E-state index in [2.05, 4.69) is 22.8 Å². The number of rotatable bonds is 8. The van der Waals surface area contributed by atoms with Crippen LogP contribution in [0.4, 0.5) is 0 Å². The molecule has 1 aromatic rings. The Bertz CT molecular complexity index is 439. The van der Waals surface area contributed by atoms with Crippen molar-refractivity contribution in [1.29, 1.82) is 0 Å². The molecule has 0 aromatic heterocycles. The number of hydrogen-bond acceptors (Lipinski definition) is 4. The molecule has 1 aliphatic rings. The lowest BCUT2D eigenvalue weighted by molar-refractivity contribution is -0.121. The summed E-state index contributed by atoms with van der Waals surface area (Å²) in [5.41, 5.74) is 1.19. The van der Waals surface area contributed by atoms with Gasteiger partial charge < -0.3 is 20.1 Å². The van der Waals surface area contributed by atoms with Gasteiger partial charge in [-0.1, -0.05) is 30.3 Å². The maximum atomic E-state index is 11.8. The molecule has 2 atom stereocenters. The van der Waals surface area contributed by atoms with Crippen LogP contribution in [-0.4, -0.2) is 45.9 Å². The second-order valence-corrected chi connectivity index (χ2v) is 5.58. The molecule has 1 aliphatic heterocycles. The van der Waals surface area contributed by atoms with E-state index >= 15 is 0 Å². The summed E-state index contributed by atoms with van der Waals surface area (Å²) in [4.78, 5) is 11.8. The molecule has 22 heavy (non-hydrogen) atoms. The van der Waals surface area contributed by atoms with Gasteiger partial charge in [-0.2, -0.15) is 0 Å². The van der Waals surface area contributed by atoms with Gasteiger partial charge in [-0.3, -0.25) is 4.79 Å². The minimum atomic E-state index is 0.0217. The van der Waals surface area contributed by atoms with Gasteiger partial charge in [0.2, 0.25) is 5.91 Å². The number of amides is 1. The average molecular weight is 306 g/mol. The highest BCUT2D eigenvalue weighted by molar-refractivity contribution is 5.77. The molecule has 122 valence electrons. The van der Waals surface area contributed by atoms with E-state index in [9.17, 15) is 4.79 Å². The third-order valence-electron chi connectivity index (χ3n) is 3.90. The molecule has 0 spiro atoms. The van der Waals surface area contributed by atoms with Crippen LogP contribution in [0.3, 0.4) is 0 Å². The Morgan fingerprint density at radius 2 is 2.18 bits per heavy atom.